The summed E-state index contributed by atoms with van der Waals surface area (Å²) in [5.41, 5.74) is 3.23. The average Bonchev–Trinajstić information content (AvgIpc) is 2.92. The lowest BCUT2D eigenvalue weighted by molar-refractivity contribution is -0.659. The fraction of sp³-hybridized carbons (Fsp3) is 0.222. The van der Waals surface area contributed by atoms with E-state index < -0.39 is 0 Å². The van der Waals surface area contributed by atoms with Crippen molar-refractivity contribution >= 4 is 17.3 Å². The minimum Gasteiger partial charge on any atom is -1.00 e. The molecule has 0 saturated carbocycles. The highest BCUT2D eigenvalue weighted by atomic mass is 79.9. The van der Waals surface area contributed by atoms with Gasteiger partial charge < -0.3 is 21.9 Å². The predicted octanol–water partition coefficient (Wildman–Crippen LogP) is 0.300. The first-order valence-electron chi connectivity index (χ1n) is 7.78. The van der Waals surface area contributed by atoms with Crippen LogP contribution in [-0.4, -0.2) is 16.8 Å². The fourth-order valence-electron chi connectivity index (χ4n) is 2.46. The van der Waals surface area contributed by atoms with Crippen molar-refractivity contribution in [2.24, 2.45) is 24.3 Å². The van der Waals surface area contributed by atoms with E-state index in [1.165, 1.54) is 5.56 Å². The van der Waals surface area contributed by atoms with Crippen LogP contribution in [-0.2, 0) is 20.6 Å². The third-order valence-electron chi connectivity index (χ3n) is 3.71. The van der Waals surface area contributed by atoms with Gasteiger partial charge in [-0.15, -0.1) is 4.68 Å². The molecule has 7 heteroatoms. The lowest BCUT2D eigenvalue weighted by Crippen LogP contribution is -3.00. The van der Waals surface area contributed by atoms with Gasteiger partial charge in [0.2, 0.25) is 0 Å². The molecular weight excluding hydrogens is 380 g/mol. The highest BCUT2D eigenvalue weighted by molar-refractivity contribution is 5.52. The van der Waals surface area contributed by atoms with Gasteiger partial charge in [-0.2, -0.15) is 0 Å². The van der Waals surface area contributed by atoms with Gasteiger partial charge in [0.05, 0.1) is 19.8 Å². The number of aromatic nitrogens is 3. The summed E-state index contributed by atoms with van der Waals surface area (Å²) in [6.07, 6.45) is 1.84. The van der Waals surface area contributed by atoms with Gasteiger partial charge in [-0.1, -0.05) is 35.4 Å². The minimum atomic E-state index is 0. The van der Waals surface area contributed by atoms with E-state index in [-0.39, 0.29) is 17.0 Å². The predicted molar refractivity (Wildman–Crippen MR) is 93.6 cm³/mol. The first-order chi connectivity index (χ1) is 11.6. The quantitative estimate of drug-likeness (QED) is 0.456. The second kappa shape index (κ2) is 8.53. The molecular formula is C18H21BrN6. The smallest absolute Gasteiger partial charge is 0.435 e. The van der Waals surface area contributed by atoms with Gasteiger partial charge in [0.15, 0.2) is 6.33 Å². The monoisotopic (exact) mass is 400 g/mol. The molecule has 3 aromatic rings. The van der Waals surface area contributed by atoms with Crippen molar-refractivity contribution in [3.8, 4) is 0 Å². The third kappa shape index (κ3) is 4.96. The molecule has 1 aromatic heterocycles. The molecule has 0 aliphatic rings. The van der Waals surface area contributed by atoms with Gasteiger partial charge in [-0.3, -0.25) is 0 Å². The number of benzene rings is 2. The number of halogens is 1. The van der Waals surface area contributed by atoms with Crippen molar-refractivity contribution in [3.05, 3.63) is 66.5 Å². The number of nitrogens with zero attached hydrogens (tertiary/aromatic N) is 6. The summed E-state index contributed by atoms with van der Waals surface area (Å²) in [4.78, 5) is 2.20. The van der Waals surface area contributed by atoms with E-state index in [1.807, 2.05) is 43.2 Å². The lowest BCUT2D eigenvalue weighted by atomic mass is 10.2. The molecule has 0 amide bonds. The number of aryl methyl sites for hydroxylation is 2. The zero-order valence-electron chi connectivity index (χ0n) is 14.5. The number of hydrogen-bond acceptors (Lipinski definition) is 4. The maximum atomic E-state index is 4.24. The molecule has 0 N–H and O–H groups in total. The molecule has 0 saturated heterocycles. The highest BCUT2D eigenvalue weighted by Gasteiger charge is 2.10. The second-order valence-electron chi connectivity index (χ2n) is 5.76. The zero-order chi connectivity index (χ0) is 16.9. The first kappa shape index (κ1) is 18.8. The molecule has 1 heterocycles. The molecule has 25 heavy (non-hydrogen) atoms. The van der Waals surface area contributed by atoms with Crippen LogP contribution in [0.5, 0.6) is 0 Å². The standard InChI is InChI=1S/C18H21N6.BrH/c1-22(13-15-7-5-4-6-8-15)17-11-9-16(10-12-17)19-20-18-21-24(3)14-23(18)2;/h4-12,14H,13H2,1-3H3;1H/q+1;/p-1. The van der Waals surface area contributed by atoms with E-state index in [1.54, 1.807) is 4.68 Å². The molecule has 0 unspecified atom stereocenters. The van der Waals surface area contributed by atoms with E-state index in [0.717, 1.165) is 17.9 Å². The highest BCUT2D eigenvalue weighted by Crippen LogP contribution is 2.21. The molecule has 0 radical (unpaired) electrons. The van der Waals surface area contributed by atoms with E-state index in [2.05, 4.69) is 63.7 Å². The number of azo groups is 1. The molecule has 2 aromatic carbocycles. The lowest BCUT2D eigenvalue weighted by Gasteiger charge is -2.19. The van der Waals surface area contributed by atoms with E-state index in [4.69, 9.17) is 0 Å². The Balaban J connectivity index is 0.00000225. The number of rotatable bonds is 5. The van der Waals surface area contributed by atoms with E-state index in [0.29, 0.717) is 5.95 Å². The van der Waals surface area contributed by atoms with E-state index >= 15 is 0 Å². The molecule has 0 aliphatic heterocycles. The molecule has 6 nitrogen and oxygen atoms in total. The van der Waals surface area contributed by atoms with Crippen molar-refractivity contribution < 1.29 is 21.5 Å². The topological polar surface area (TPSA) is 49.7 Å². The van der Waals surface area contributed by atoms with Crippen LogP contribution in [0, 0.1) is 0 Å². The SMILES string of the molecule is CN(Cc1ccccc1)c1ccc(N=Nc2nn(C)c[n+]2C)cc1.[Br-]. The van der Waals surface area contributed by atoms with Crippen molar-refractivity contribution in [1.29, 1.82) is 0 Å². The molecule has 3 rings (SSSR count). The van der Waals surface area contributed by atoms with Crippen LogP contribution in [0.4, 0.5) is 17.3 Å². The van der Waals surface area contributed by atoms with Gasteiger partial charge in [0, 0.05) is 29.5 Å². The van der Waals surface area contributed by atoms with Gasteiger partial charge in [-0.25, -0.2) is 4.57 Å². The molecule has 0 fully saturated rings. The van der Waals surface area contributed by atoms with Crippen molar-refractivity contribution in [1.82, 2.24) is 9.78 Å². The Morgan fingerprint density at radius 2 is 1.72 bits per heavy atom. The Hall–Kier alpha value is -2.54. The minimum absolute atomic E-state index is 0. The largest absolute Gasteiger partial charge is 1.00 e. The summed E-state index contributed by atoms with van der Waals surface area (Å²) in [6, 6.07) is 18.4. The zero-order valence-corrected chi connectivity index (χ0v) is 16.1. The van der Waals surface area contributed by atoms with Gasteiger partial charge >= 0.3 is 5.95 Å². The van der Waals surface area contributed by atoms with Crippen molar-refractivity contribution in [2.75, 3.05) is 11.9 Å². The molecule has 130 valence electrons. The maximum Gasteiger partial charge on any atom is 0.435 e. The Morgan fingerprint density at radius 1 is 1.04 bits per heavy atom. The summed E-state index contributed by atoms with van der Waals surface area (Å²) in [5.74, 6) is 0.572. The van der Waals surface area contributed by atoms with E-state index in [9.17, 15) is 0 Å². The first-order valence-corrected chi connectivity index (χ1v) is 7.78. The van der Waals surface area contributed by atoms with Gasteiger partial charge in [0.25, 0.3) is 0 Å². The van der Waals surface area contributed by atoms with Crippen LogP contribution in [0.2, 0.25) is 0 Å². The Labute approximate surface area is 158 Å². The number of anilines is 1. The Morgan fingerprint density at radius 3 is 2.32 bits per heavy atom. The average molecular weight is 401 g/mol. The van der Waals surface area contributed by atoms with Gasteiger partial charge in [-0.05, 0) is 29.8 Å². The van der Waals surface area contributed by atoms with Crippen LogP contribution in [0.3, 0.4) is 0 Å². The molecule has 0 spiro atoms. The fourth-order valence-corrected chi connectivity index (χ4v) is 2.46. The van der Waals surface area contributed by atoms with Gasteiger partial charge in [0.1, 0.15) is 0 Å². The summed E-state index contributed by atoms with van der Waals surface area (Å²) >= 11 is 0. The van der Waals surface area contributed by atoms with Crippen LogP contribution >= 0.6 is 0 Å². The summed E-state index contributed by atoms with van der Waals surface area (Å²) in [7, 11) is 5.83. The Bertz CT molecular complexity index is 827. The molecule has 0 aliphatic carbocycles. The second-order valence-corrected chi connectivity index (χ2v) is 5.76. The maximum absolute atomic E-state index is 4.24. The molecule has 0 atom stereocenters. The summed E-state index contributed by atoms with van der Waals surface area (Å²) < 4.78 is 3.53. The van der Waals surface area contributed by atoms with Crippen LogP contribution < -0.4 is 26.4 Å². The normalized spacial score (nSPS) is 10.7. The third-order valence-corrected chi connectivity index (χ3v) is 3.71. The summed E-state index contributed by atoms with van der Waals surface area (Å²) in [6.45, 7) is 0.867. The number of hydrogen-bond donors (Lipinski definition) is 0. The van der Waals surface area contributed by atoms with Crippen LogP contribution in [0.15, 0.2) is 71.2 Å². The Kier molecular flexibility index (Phi) is 6.41. The molecule has 0 bridgehead atoms. The van der Waals surface area contributed by atoms with Crippen LogP contribution in [0.25, 0.3) is 0 Å². The van der Waals surface area contributed by atoms with Crippen LogP contribution in [0.1, 0.15) is 5.56 Å². The van der Waals surface area contributed by atoms with Crippen molar-refractivity contribution in [3.63, 3.8) is 0 Å². The summed E-state index contributed by atoms with van der Waals surface area (Å²) in [5, 5.41) is 12.7. The van der Waals surface area contributed by atoms with Crippen molar-refractivity contribution in [2.45, 2.75) is 6.54 Å².